The van der Waals surface area contributed by atoms with Gasteiger partial charge in [-0.25, -0.2) is 0 Å². The maximum absolute atomic E-state index is 12.1. The number of ketones is 1. The Hall–Kier alpha value is -3.15. The molecule has 142 valence electrons. The van der Waals surface area contributed by atoms with Crippen LogP contribution in [0.4, 0.5) is 0 Å². The van der Waals surface area contributed by atoms with Crippen molar-refractivity contribution >= 4 is 17.6 Å². The number of Topliss-reactive ketones (excluding diaryl/α,β-unsaturated/α-hetero) is 1. The van der Waals surface area contributed by atoms with Gasteiger partial charge in [-0.3, -0.25) is 25.2 Å². The fraction of sp³-hybridized carbons (Fsp3) is 0.286. The van der Waals surface area contributed by atoms with Crippen LogP contribution in [0.25, 0.3) is 0 Å². The molecule has 2 N–H and O–H groups in total. The molecule has 0 aliphatic rings. The predicted octanol–water partition coefficient (Wildman–Crippen LogP) is 3.07. The highest BCUT2D eigenvalue weighted by molar-refractivity contribution is 5.99. The van der Waals surface area contributed by atoms with E-state index in [2.05, 4.69) is 10.9 Å². The Morgan fingerprint density at radius 1 is 0.815 bits per heavy atom. The van der Waals surface area contributed by atoms with E-state index in [9.17, 15) is 14.4 Å². The van der Waals surface area contributed by atoms with Crippen molar-refractivity contribution in [1.82, 2.24) is 10.9 Å². The lowest BCUT2D eigenvalue weighted by molar-refractivity contribution is -0.121. The SMILES string of the molecule is CCOc1ccc(C(=O)CCC(=O)NNC(=O)c2ccc(CC)cc2)cc1. The summed E-state index contributed by atoms with van der Waals surface area (Å²) in [6, 6.07) is 13.9. The number of nitrogens with one attached hydrogen (secondary N) is 2. The monoisotopic (exact) mass is 368 g/mol. The first-order valence-electron chi connectivity index (χ1n) is 8.97. The molecule has 2 aromatic rings. The molecule has 0 aliphatic heterocycles. The summed E-state index contributed by atoms with van der Waals surface area (Å²) in [6.45, 7) is 4.47. The molecule has 2 rings (SSSR count). The summed E-state index contributed by atoms with van der Waals surface area (Å²) in [7, 11) is 0. The Morgan fingerprint density at radius 2 is 1.44 bits per heavy atom. The van der Waals surface area contributed by atoms with E-state index in [1.807, 2.05) is 26.0 Å². The predicted molar refractivity (Wildman–Crippen MR) is 103 cm³/mol. The zero-order valence-corrected chi connectivity index (χ0v) is 15.6. The standard InChI is InChI=1S/C21H24N2O4/c1-3-15-5-7-17(8-6-15)21(26)23-22-20(25)14-13-19(24)16-9-11-18(12-10-16)27-4-2/h5-12H,3-4,13-14H2,1-2H3,(H,22,25)(H,23,26). The Morgan fingerprint density at radius 3 is 2.04 bits per heavy atom. The van der Waals surface area contributed by atoms with E-state index < -0.39 is 11.8 Å². The second-order valence-corrected chi connectivity index (χ2v) is 5.93. The summed E-state index contributed by atoms with van der Waals surface area (Å²) in [5.41, 5.74) is 6.79. The van der Waals surface area contributed by atoms with Gasteiger partial charge in [-0.2, -0.15) is 0 Å². The van der Waals surface area contributed by atoms with E-state index in [4.69, 9.17) is 4.74 Å². The van der Waals surface area contributed by atoms with E-state index in [1.165, 1.54) is 0 Å². The van der Waals surface area contributed by atoms with Crippen LogP contribution in [0.3, 0.4) is 0 Å². The van der Waals surface area contributed by atoms with Gasteiger partial charge >= 0.3 is 0 Å². The molecule has 0 aromatic heterocycles. The normalized spacial score (nSPS) is 10.1. The minimum atomic E-state index is -0.423. The second kappa shape index (κ2) is 10.1. The molecule has 0 atom stereocenters. The fourth-order valence-electron chi connectivity index (χ4n) is 2.43. The Bertz CT molecular complexity index is 783. The van der Waals surface area contributed by atoms with Crippen molar-refractivity contribution in [1.29, 1.82) is 0 Å². The van der Waals surface area contributed by atoms with E-state index >= 15 is 0 Å². The fourth-order valence-corrected chi connectivity index (χ4v) is 2.43. The van der Waals surface area contributed by atoms with E-state index in [1.54, 1.807) is 36.4 Å². The van der Waals surface area contributed by atoms with E-state index in [-0.39, 0.29) is 18.6 Å². The highest BCUT2D eigenvalue weighted by atomic mass is 16.5. The number of rotatable bonds is 8. The van der Waals surface area contributed by atoms with Crippen molar-refractivity contribution in [3.05, 3.63) is 65.2 Å². The number of carbonyl (C=O) groups is 3. The van der Waals surface area contributed by atoms with Crippen LogP contribution >= 0.6 is 0 Å². The highest BCUT2D eigenvalue weighted by Gasteiger charge is 2.11. The lowest BCUT2D eigenvalue weighted by atomic mass is 10.1. The van der Waals surface area contributed by atoms with Gasteiger partial charge in [0.05, 0.1) is 6.61 Å². The first-order valence-corrected chi connectivity index (χ1v) is 8.97. The molecule has 6 heteroatoms. The highest BCUT2D eigenvalue weighted by Crippen LogP contribution is 2.14. The number of carbonyl (C=O) groups excluding carboxylic acids is 3. The van der Waals surface area contributed by atoms with Crippen LogP contribution in [0, 0.1) is 0 Å². The molecule has 0 bridgehead atoms. The van der Waals surface area contributed by atoms with Gasteiger partial charge in [0.1, 0.15) is 5.75 Å². The second-order valence-electron chi connectivity index (χ2n) is 5.93. The van der Waals surface area contributed by atoms with Crippen LogP contribution in [-0.4, -0.2) is 24.2 Å². The first kappa shape index (κ1) is 20.2. The van der Waals surface area contributed by atoms with Gasteiger partial charge in [-0.1, -0.05) is 19.1 Å². The molecule has 2 aromatic carbocycles. The zero-order chi connectivity index (χ0) is 19.6. The molecule has 0 fully saturated rings. The van der Waals surface area contributed by atoms with Crippen molar-refractivity contribution < 1.29 is 19.1 Å². The first-order chi connectivity index (χ1) is 13.0. The number of aryl methyl sites for hydroxylation is 1. The molecule has 0 saturated carbocycles. The van der Waals surface area contributed by atoms with Crippen LogP contribution in [0.15, 0.2) is 48.5 Å². The topological polar surface area (TPSA) is 84.5 Å². The van der Waals surface area contributed by atoms with E-state index in [0.717, 1.165) is 12.0 Å². The number of hydrogen-bond donors (Lipinski definition) is 2. The summed E-state index contributed by atoms with van der Waals surface area (Å²) in [5.74, 6) is -0.271. The van der Waals surface area contributed by atoms with Crippen LogP contribution in [-0.2, 0) is 11.2 Å². The third kappa shape index (κ3) is 6.26. The average molecular weight is 368 g/mol. The quantitative estimate of drug-likeness (QED) is 0.554. The van der Waals surface area contributed by atoms with Crippen LogP contribution in [0.5, 0.6) is 5.75 Å². The summed E-state index contributed by atoms with van der Waals surface area (Å²) < 4.78 is 5.33. The van der Waals surface area contributed by atoms with Gasteiger partial charge in [-0.05, 0) is 55.3 Å². The van der Waals surface area contributed by atoms with Gasteiger partial charge in [0.15, 0.2) is 5.78 Å². The Balaban J connectivity index is 1.76. The molecule has 0 radical (unpaired) electrons. The minimum Gasteiger partial charge on any atom is -0.494 e. The lowest BCUT2D eigenvalue weighted by Crippen LogP contribution is -2.41. The Kier molecular flexibility index (Phi) is 7.55. The number of ether oxygens (including phenoxy) is 1. The van der Waals surface area contributed by atoms with Crippen molar-refractivity contribution in [3.63, 3.8) is 0 Å². The lowest BCUT2D eigenvalue weighted by Gasteiger charge is -2.08. The largest absolute Gasteiger partial charge is 0.494 e. The average Bonchev–Trinajstić information content (AvgIpc) is 2.71. The van der Waals surface area contributed by atoms with Crippen molar-refractivity contribution in [2.75, 3.05) is 6.61 Å². The summed E-state index contributed by atoms with van der Waals surface area (Å²) in [4.78, 5) is 36.0. The van der Waals surface area contributed by atoms with Crippen molar-refractivity contribution in [2.45, 2.75) is 33.1 Å². The maximum Gasteiger partial charge on any atom is 0.269 e. The summed E-state index contributed by atoms with van der Waals surface area (Å²) in [5, 5.41) is 0. The number of amides is 2. The molecular formula is C21H24N2O4. The van der Waals surface area contributed by atoms with Crippen molar-refractivity contribution in [3.8, 4) is 5.75 Å². The summed E-state index contributed by atoms with van der Waals surface area (Å²) >= 11 is 0. The smallest absolute Gasteiger partial charge is 0.269 e. The molecule has 0 spiro atoms. The van der Waals surface area contributed by atoms with Gasteiger partial charge in [0, 0.05) is 24.0 Å². The third-order valence-corrected chi connectivity index (χ3v) is 4.01. The van der Waals surface area contributed by atoms with Crippen LogP contribution < -0.4 is 15.6 Å². The van der Waals surface area contributed by atoms with E-state index in [0.29, 0.717) is 23.5 Å². The van der Waals surface area contributed by atoms with Crippen LogP contribution in [0.1, 0.15) is 53.0 Å². The van der Waals surface area contributed by atoms with Gasteiger partial charge in [0.2, 0.25) is 5.91 Å². The zero-order valence-electron chi connectivity index (χ0n) is 15.6. The number of benzene rings is 2. The maximum atomic E-state index is 12.1. The third-order valence-electron chi connectivity index (χ3n) is 4.01. The molecule has 6 nitrogen and oxygen atoms in total. The number of hydrogen-bond acceptors (Lipinski definition) is 4. The Labute approximate surface area is 158 Å². The molecule has 27 heavy (non-hydrogen) atoms. The molecule has 0 saturated heterocycles. The summed E-state index contributed by atoms with van der Waals surface area (Å²) in [6.07, 6.45) is 0.934. The number of hydrazine groups is 1. The minimum absolute atomic E-state index is 0.0128. The molecule has 0 heterocycles. The molecular weight excluding hydrogens is 344 g/mol. The molecule has 0 aliphatic carbocycles. The van der Waals surface area contributed by atoms with Gasteiger partial charge in [0.25, 0.3) is 5.91 Å². The van der Waals surface area contributed by atoms with Gasteiger partial charge in [-0.15, -0.1) is 0 Å². The van der Waals surface area contributed by atoms with Gasteiger partial charge < -0.3 is 4.74 Å². The molecule has 0 unspecified atom stereocenters. The van der Waals surface area contributed by atoms with Crippen LogP contribution in [0.2, 0.25) is 0 Å². The molecule has 2 amide bonds. The van der Waals surface area contributed by atoms with Crippen molar-refractivity contribution in [2.24, 2.45) is 0 Å².